The van der Waals surface area contributed by atoms with Gasteiger partial charge < -0.3 is 15.4 Å². The number of aromatic nitrogens is 2. The predicted octanol–water partition coefficient (Wildman–Crippen LogP) is 2.93. The number of urea groups is 1. The second-order valence-corrected chi connectivity index (χ2v) is 7.20. The second-order valence-electron chi connectivity index (χ2n) is 5.52. The first-order valence-corrected chi connectivity index (χ1v) is 9.56. The number of amides is 2. The van der Waals surface area contributed by atoms with E-state index in [1.807, 2.05) is 6.07 Å². The smallest absolute Gasteiger partial charge is 0.323 e. The van der Waals surface area contributed by atoms with Crippen LogP contribution in [0.15, 0.2) is 71.9 Å². The first kappa shape index (κ1) is 19.1. The Morgan fingerprint density at radius 1 is 0.929 bits per heavy atom. The molecule has 2 aromatic carbocycles. The van der Waals surface area contributed by atoms with Gasteiger partial charge in [-0.15, -0.1) is 0 Å². The van der Waals surface area contributed by atoms with Crippen LogP contribution in [0.2, 0.25) is 0 Å². The fourth-order valence-corrected chi connectivity index (χ4v) is 3.24. The zero-order chi connectivity index (χ0) is 20.0. The highest BCUT2D eigenvalue weighted by Gasteiger charge is 2.15. The lowest BCUT2D eigenvalue weighted by molar-refractivity contribution is 0.262. The van der Waals surface area contributed by atoms with E-state index in [2.05, 4.69) is 25.3 Å². The van der Waals surface area contributed by atoms with Crippen molar-refractivity contribution in [2.45, 2.75) is 4.90 Å². The molecule has 10 heteroatoms. The Balaban J connectivity index is 1.66. The molecule has 0 unspecified atom stereocenters. The molecule has 1 heterocycles. The van der Waals surface area contributed by atoms with Crippen molar-refractivity contribution in [2.24, 2.45) is 0 Å². The summed E-state index contributed by atoms with van der Waals surface area (Å²) in [5, 5.41) is 5.30. The summed E-state index contributed by atoms with van der Waals surface area (Å²) < 4.78 is 32.2. The molecule has 3 N–H and O–H groups in total. The van der Waals surface area contributed by atoms with Crippen LogP contribution in [-0.4, -0.2) is 31.5 Å². The van der Waals surface area contributed by atoms with E-state index < -0.39 is 16.1 Å². The Morgan fingerprint density at radius 3 is 2.21 bits per heavy atom. The van der Waals surface area contributed by atoms with Gasteiger partial charge in [-0.2, -0.15) is 0 Å². The number of carbonyl (C=O) groups excluding carboxylic acids is 1. The van der Waals surface area contributed by atoms with E-state index in [-0.39, 0.29) is 16.6 Å². The lowest BCUT2D eigenvalue weighted by Gasteiger charge is -2.10. The van der Waals surface area contributed by atoms with Gasteiger partial charge in [0.15, 0.2) is 0 Å². The standard InChI is InChI=1S/C18H17N5O4S/c1-27-17-11-16(19-12-20-17)23-28(25,26)15-9-7-14(8-10-15)22-18(24)21-13-5-3-2-4-6-13/h2-12H,1H3,(H,19,20,23)(H2,21,22,24). The van der Waals surface area contributed by atoms with Crippen molar-refractivity contribution in [1.29, 1.82) is 0 Å². The van der Waals surface area contributed by atoms with Crippen LogP contribution in [0.1, 0.15) is 0 Å². The molecule has 28 heavy (non-hydrogen) atoms. The number of methoxy groups -OCH3 is 1. The number of anilines is 3. The number of nitrogens with one attached hydrogen (secondary N) is 3. The first-order valence-electron chi connectivity index (χ1n) is 8.08. The van der Waals surface area contributed by atoms with Gasteiger partial charge in [-0.25, -0.2) is 23.2 Å². The summed E-state index contributed by atoms with van der Waals surface area (Å²) >= 11 is 0. The number of hydrogen-bond donors (Lipinski definition) is 3. The number of hydrogen-bond acceptors (Lipinski definition) is 6. The third-order valence-electron chi connectivity index (χ3n) is 3.54. The van der Waals surface area contributed by atoms with Crippen LogP contribution in [0.5, 0.6) is 5.88 Å². The molecule has 0 bridgehead atoms. The number of benzene rings is 2. The summed E-state index contributed by atoms with van der Waals surface area (Å²) in [6, 6.07) is 15.6. The van der Waals surface area contributed by atoms with Crippen molar-refractivity contribution in [3.8, 4) is 5.88 Å². The van der Waals surface area contributed by atoms with Crippen molar-refractivity contribution < 1.29 is 17.9 Å². The van der Waals surface area contributed by atoms with Crippen molar-refractivity contribution in [2.75, 3.05) is 22.5 Å². The van der Waals surface area contributed by atoms with Crippen molar-refractivity contribution in [3.05, 3.63) is 67.0 Å². The lowest BCUT2D eigenvalue weighted by Crippen LogP contribution is -2.19. The molecule has 0 saturated heterocycles. The highest BCUT2D eigenvalue weighted by atomic mass is 32.2. The Kier molecular flexibility index (Phi) is 5.70. The SMILES string of the molecule is COc1cc(NS(=O)(=O)c2ccc(NC(=O)Nc3ccccc3)cc2)ncn1. The summed E-state index contributed by atoms with van der Waals surface area (Å²) in [4.78, 5) is 19.7. The van der Waals surface area contributed by atoms with Crippen LogP contribution in [-0.2, 0) is 10.0 Å². The van der Waals surface area contributed by atoms with Gasteiger partial charge in [-0.1, -0.05) is 18.2 Å². The van der Waals surface area contributed by atoms with Gasteiger partial charge in [0.25, 0.3) is 10.0 Å². The van der Waals surface area contributed by atoms with Gasteiger partial charge >= 0.3 is 6.03 Å². The van der Waals surface area contributed by atoms with Crippen molar-refractivity contribution in [3.63, 3.8) is 0 Å². The maximum atomic E-state index is 12.5. The number of sulfonamides is 1. The predicted molar refractivity (Wildman–Crippen MR) is 105 cm³/mol. The van der Waals surface area contributed by atoms with E-state index >= 15 is 0 Å². The Hall–Kier alpha value is -3.66. The van der Waals surface area contributed by atoms with Crippen LogP contribution in [0, 0.1) is 0 Å². The Labute approximate surface area is 161 Å². The van der Waals surface area contributed by atoms with E-state index in [4.69, 9.17) is 4.74 Å². The molecule has 0 fully saturated rings. The minimum atomic E-state index is -3.86. The van der Waals surface area contributed by atoms with Gasteiger partial charge in [-0.3, -0.25) is 4.72 Å². The second kappa shape index (κ2) is 8.35. The van der Waals surface area contributed by atoms with Crippen molar-refractivity contribution in [1.82, 2.24) is 9.97 Å². The van der Waals surface area contributed by atoms with E-state index in [0.717, 1.165) is 0 Å². The van der Waals surface area contributed by atoms with E-state index in [0.29, 0.717) is 11.4 Å². The molecule has 0 saturated carbocycles. The third kappa shape index (κ3) is 4.95. The van der Waals surface area contributed by atoms with Crippen LogP contribution >= 0.6 is 0 Å². The van der Waals surface area contributed by atoms with Gasteiger partial charge in [-0.05, 0) is 36.4 Å². The van der Waals surface area contributed by atoms with Crippen LogP contribution in [0.3, 0.4) is 0 Å². The monoisotopic (exact) mass is 399 g/mol. The van der Waals surface area contributed by atoms with Crippen LogP contribution < -0.4 is 20.1 Å². The zero-order valence-corrected chi connectivity index (χ0v) is 15.6. The molecule has 1 aromatic heterocycles. The minimum Gasteiger partial charge on any atom is -0.481 e. The average molecular weight is 399 g/mol. The fraction of sp³-hybridized carbons (Fsp3) is 0.0556. The van der Waals surface area contributed by atoms with Gasteiger partial charge in [0.05, 0.1) is 12.0 Å². The first-order chi connectivity index (χ1) is 13.5. The van der Waals surface area contributed by atoms with Crippen LogP contribution in [0.25, 0.3) is 0 Å². The molecule has 0 atom stereocenters. The molecule has 0 aliphatic rings. The normalized spacial score (nSPS) is 10.8. The average Bonchev–Trinajstić information content (AvgIpc) is 2.69. The molecule has 2 amide bonds. The topological polar surface area (TPSA) is 122 Å². The highest BCUT2D eigenvalue weighted by molar-refractivity contribution is 7.92. The van der Waals surface area contributed by atoms with Crippen LogP contribution in [0.4, 0.5) is 22.0 Å². The van der Waals surface area contributed by atoms with E-state index in [1.54, 1.807) is 24.3 Å². The largest absolute Gasteiger partial charge is 0.481 e. The molecule has 9 nitrogen and oxygen atoms in total. The maximum absolute atomic E-state index is 12.5. The molecule has 0 aliphatic heterocycles. The molecular formula is C18H17N5O4S. The quantitative estimate of drug-likeness (QED) is 0.586. The molecule has 0 spiro atoms. The maximum Gasteiger partial charge on any atom is 0.323 e. The summed E-state index contributed by atoms with van der Waals surface area (Å²) in [6.07, 6.45) is 1.19. The Bertz CT molecular complexity index is 1060. The molecule has 3 rings (SSSR count). The summed E-state index contributed by atoms with van der Waals surface area (Å²) in [5.41, 5.74) is 1.08. The van der Waals surface area contributed by atoms with Crippen molar-refractivity contribution >= 4 is 33.2 Å². The Morgan fingerprint density at radius 2 is 1.57 bits per heavy atom. The number of rotatable bonds is 6. The van der Waals surface area contributed by atoms with Gasteiger partial charge in [0, 0.05) is 17.4 Å². The minimum absolute atomic E-state index is 0.0131. The third-order valence-corrected chi connectivity index (χ3v) is 4.91. The number of carbonyl (C=O) groups is 1. The van der Waals surface area contributed by atoms with E-state index in [1.165, 1.54) is 43.8 Å². The number of para-hydroxylation sites is 1. The van der Waals surface area contributed by atoms with Gasteiger partial charge in [0.2, 0.25) is 5.88 Å². The summed E-state index contributed by atoms with van der Waals surface area (Å²) in [5.74, 6) is 0.313. The fourth-order valence-electron chi connectivity index (χ4n) is 2.24. The molecule has 3 aromatic rings. The number of nitrogens with zero attached hydrogens (tertiary/aromatic N) is 2. The molecule has 144 valence electrons. The summed E-state index contributed by atoms with van der Waals surface area (Å²) in [6.45, 7) is 0. The molecular weight excluding hydrogens is 382 g/mol. The van der Waals surface area contributed by atoms with E-state index in [9.17, 15) is 13.2 Å². The summed E-state index contributed by atoms with van der Waals surface area (Å²) in [7, 11) is -2.44. The highest BCUT2D eigenvalue weighted by Crippen LogP contribution is 2.19. The molecule has 0 radical (unpaired) electrons. The molecule has 0 aliphatic carbocycles. The lowest BCUT2D eigenvalue weighted by atomic mass is 10.3. The number of ether oxygens (including phenoxy) is 1. The van der Waals surface area contributed by atoms with Gasteiger partial charge in [0.1, 0.15) is 12.1 Å². The zero-order valence-electron chi connectivity index (χ0n) is 14.8.